The minimum atomic E-state index is -0.642. The summed E-state index contributed by atoms with van der Waals surface area (Å²) in [5.74, 6) is 0.0378. The van der Waals surface area contributed by atoms with Gasteiger partial charge in [0.2, 0.25) is 0 Å². The van der Waals surface area contributed by atoms with Crippen LogP contribution in [0.25, 0.3) is 0 Å². The van der Waals surface area contributed by atoms with Gasteiger partial charge < -0.3 is 20.1 Å². The molecule has 2 aromatic rings. The molecule has 0 saturated carbocycles. The molecule has 0 spiro atoms. The normalized spacial score (nSPS) is 17.4. The molecule has 4 nitrogen and oxygen atoms in total. The van der Waals surface area contributed by atoms with Crippen LogP contribution in [0.2, 0.25) is 0 Å². The van der Waals surface area contributed by atoms with Gasteiger partial charge >= 0.3 is 0 Å². The van der Waals surface area contributed by atoms with E-state index in [-0.39, 0.29) is 17.2 Å². The van der Waals surface area contributed by atoms with E-state index in [0.717, 1.165) is 11.1 Å². The molecule has 0 radical (unpaired) electrons. The lowest BCUT2D eigenvalue weighted by atomic mass is 9.95. The Kier molecular flexibility index (Phi) is 2.61. The van der Waals surface area contributed by atoms with Crippen molar-refractivity contribution in [3.63, 3.8) is 0 Å². The zero-order chi connectivity index (χ0) is 13.6. The second kappa shape index (κ2) is 4.17. The Morgan fingerprint density at radius 3 is 2.37 bits per heavy atom. The summed E-state index contributed by atoms with van der Waals surface area (Å²) in [5, 5.41) is 29.9. The Morgan fingerprint density at radius 2 is 1.68 bits per heavy atom. The predicted molar refractivity (Wildman–Crippen MR) is 69.2 cm³/mol. The zero-order valence-electron chi connectivity index (χ0n) is 10.4. The molecule has 98 valence electrons. The van der Waals surface area contributed by atoms with E-state index in [2.05, 4.69) is 0 Å². The van der Waals surface area contributed by atoms with Crippen LogP contribution in [0.4, 0.5) is 0 Å². The van der Waals surface area contributed by atoms with Gasteiger partial charge in [-0.15, -0.1) is 0 Å². The molecule has 0 saturated heterocycles. The average molecular weight is 258 g/mol. The Hall–Kier alpha value is -2.20. The first kappa shape index (κ1) is 11.9. The lowest BCUT2D eigenvalue weighted by Crippen LogP contribution is -2.00. The van der Waals surface area contributed by atoms with Crippen LogP contribution >= 0.6 is 0 Å². The van der Waals surface area contributed by atoms with Crippen molar-refractivity contribution in [2.45, 2.75) is 19.6 Å². The van der Waals surface area contributed by atoms with Crippen LogP contribution in [-0.4, -0.2) is 15.3 Å². The van der Waals surface area contributed by atoms with E-state index in [1.54, 1.807) is 12.1 Å². The summed E-state index contributed by atoms with van der Waals surface area (Å²) in [7, 11) is 0. The molecule has 1 heterocycles. The van der Waals surface area contributed by atoms with Gasteiger partial charge in [0.05, 0.1) is 12.2 Å². The largest absolute Gasteiger partial charge is 0.508 e. The number of phenols is 3. The summed E-state index contributed by atoms with van der Waals surface area (Å²) in [6.45, 7) is 2.24. The highest BCUT2D eigenvalue weighted by Crippen LogP contribution is 2.46. The summed E-state index contributed by atoms with van der Waals surface area (Å²) in [6.07, 6.45) is -0.642. The second-order valence-electron chi connectivity index (χ2n) is 4.76. The minimum absolute atomic E-state index is 0.0437. The van der Waals surface area contributed by atoms with Gasteiger partial charge in [-0.2, -0.15) is 0 Å². The standard InChI is InChI=1S/C15H14O4/c1-8-5-9-7-19-15(13(9)12(18)6-8)14-10(16)3-2-4-11(14)17/h2-6,15-18H,7H2,1H3. The SMILES string of the molecule is Cc1cc(O)c2c(c1)COC2c1c(O)cccc1O. The fraction of sp³-hybridized carbons (Fsp3) is 0.200. The Bertz CT molecular complexity index is 629. The van der Waals surface area contributed by atoms with E-state index >= 15 is 0 Å². The number of phenolic OH excluding ortho intramolecular Hbond substituents is 3. The van der Waals surface area contributed by atoms with Gasteiger partial charge in [-0.1, -0.05) is 12.1 Å². The topological polar surface area (TPSA) is 69.9 Å². The molecule has 19 heavy (non-hydrogen) atoms. The Balaban J connectivity index is 2.18. The van der Waals surface area contributed by atoms with Crippen molar-refractivity contribution in [3.05, 3.63) is 52.6 Å². The molecule has 3 rings (SSSR count). The molecular weight excluding hydrogens is 244 g/mol. The number of fused-ring (bicyclic) bond motifs is 1. The zero-order valence-corrected chi connectivity index (χ0v) is 10.4. The molecule has 4 heteroatoms. The summed E-state index contributed by atoms with van der Waals surface area (Å²) < 4.78 is 5.63. The first-order valence-electron chi connectivity index (χ1n) is 6.02. The van der Waals surface area contributed by atoms with Gasteiger partial charge in [-0.3, -0.25) is 0 Å². The number of hydrogen-bond donors (Lipinski definition) is 3. The highest BCUT2D eigenvalue weighted by molar-refractivity contribution is 5.55. The summed E-state index contributed by atoms with van der Waals surface area (Å²) in [5.41, 5.74) is 2.73. The number of hydrogen-bond acceptors (Lipinski definition) is 4. The molecule has 0 aromatic heterocycles. The molecule has 2 aromatic carbocycles. The van der Waals surface area contributed by atoms with Gasteiger partial charge in [-0.05, 0) is 36.2 Å². The second-order valence-corrected chi connectivity index (χ2v) is 4.76. The van der Waals surface area contributed by atoms with Crippen molar-refractivity contribution >= 4 is 0 Å². The molecule has 0 bridgehead atoms. The van der Waals surface area contributed by atoms with E-state index in [4.69, 9.17) is 4.74 Å². The number of aryl methyl sites for hydroxylation is 1. The summed E-state index contributed by atoms with van der Waals surface area (Å²) in [6, 6.07) is 8.12. The van der Waals surface area contributed by atoms with Crippen LogP contribution in [0.15, 0.2) is 30.3 Å². The van der Waals surface area contributed by atoms with Gasteiger partial charge in [0.1, 0.15) is 23.4 Å². The Morgan fingerprint density at radius 1 is 1.00 bits per heavy atom. The first-order chi connectivity index (χ1) is 9.08. The smallest absolute Gasteiger partial charge is 0.125 e. The number of benzene rings is 2. The minimum Gasteiger partial charge on any atom is -0.508 e. The maximum absolute atomic E-state index is 10.1. The third-order valence-corrected chi connectivity index (χ3v) is 3.38. The van der Waals surface area contributed by atoms with Crippen molar-refractivity contribution in [2.75, 3.05) is 0 Å². The van der Waals surface area contributed by atoms with Gasteiger partial charge in [0.25, 0.3) is 0 Å². The van der Waals surface area contributed by atoms with Crippen molar-refractivity contribution < 1.29 is 20.1 Å². The van der Waals surface area contributed by atoms with Crippen LogP contribution in [0.1, 0.15) is 28.4 Å². The first-order valence-corrected chi connectivity index (χ1v) is 6.02. The number of rotatable bonds is 1. The average Bonchev–Trinajstić information content (AvgIpc) is 2.72. The van der Waals surface area contributed by atoms with E-state index in [9.17, 15) is 15.3 Å². The Labute approximate surface area is 110 Å². The molecule has 0 amide bonds. The fourth-order valence-electron chi connectivity index (χ4n) is 2.57. The molecule has 1 atom stereocenters. The summed E-state index contributed by atoms with van der Waals surface area (Å²) >= 11 is 0. The lowest BCUT2D eigenvalue weighted by molar-refractivity contribution is 0.0893. The highest BCUT2D eigenvalue weighted by atomic mass is 16.5. The van der Waals surface area contributed by atoms with Crippen LogP contribution < -0.4 is 0 Å². The maximum atomic E-state index is 10.1. The van der Waals surface area contributed by atoms with Crippen LogP contribution in [-0.2, 0) is 11.3 Å². The van der Waals surface area contributed by atoms with E-state index in [1.165, 1.54) is 12.1 Å². The van der Waals surface area contributed by atoms with E-state index in [1.807, 2.05) is 13.0 Å². The van der Waals surface area contributed by atoms with Crippen LogP contribution in [0, 0.1) is 6.92 Å². The lowest BCUT2D eigenvalue weighted by Gasteiger charge is -2.16. The molecular formula is C15H14O4. The van der Waals surface area contributed by atoms with E-state index in [0.29, 0.717) is 17.7 Å². The number of ether oxygens (including phenoxy) is 1. The third kappa shape index (κ3) is 1.81. The molecule has 1 aliphatic rings. The van der Waals surface area contributed by atoms with Gasteiger partial charge in [0, 0.05) is 5.56 Å². The van der Waals surface area contributed by atoms with Crippen LogP contribution in [0.3, 0.4) is 0 Å². The fourth-order valence-corrected chi connectivity index (χ4v) is 2.57. The molecule has 1 aliphatic heterocycles. The number of aromatic hydroxyl groups is 3. The van der Waals surface area contributed by atoms with Gasteiger partial charge in [-0.25, -0.2) is 0 Å². The third-order valence-electron chi connectivity index (χ3n) is 3.38. The summed E-state index contributed by atoms with van der Waals surface area (Å²) in [4.78, 5) is 0. The quantitative estimate of drug-likeness (QED) is 0.735. The van der Waals surface area contributed by atoms with Crippen molar-refractivity contribution in [1.82, 2.24) is 0 Å². The van der Waals surface area contributed by atoms with Crippen molar-refractivity contribution in [1.29, 1.82) is 0 Å². The van der Waals surface area contributed by atoms with E-state index < -0.39 is 6.10 Å². The highest BCUT2D eigenvalue weighted by Gasteiger charge is 2.32. The molecule has 1 unspecified atom stereocenters. The molecule has 0 aliphatic carbocycles. The van der Waals surface area contributed by atoms with Crippen LogP contribution in [0.5, 0.6) is 17.2 Å². The monoisotopic (exact) mass is 258 g/mol. The predicted octanol–water partition coefficient (Wildman–Crippen LogP) is 2.73. The maximum Gasteiger partial charge on any atom is 0.125 e. The van der Waals surface area contributed by atoms with Gasteiger partial charge in [0.15, 0.2) is 0 Å². The van der Waals surface area contributed by atoms with Crippen molar-refractivity contribution in [3.8, 4) is 17.2 Å². The van der Waals surface area contributed by atoms with Crippen molar-refractivity contribution in [2.24, 2.45) is 0 Å². The molecule has 0 fully saturated rings. The molecule has 3 N–H and O–H groups in total.